The normalized spacial score (nSPS) is 14.6. The summed E-state index contributed by atoms with van der Waals surface area (Å²) in [5.74, 6) is 0.644. The minimum Gasteiger partial charge on any atom is -0.312 e. The molecule has 3 rings (SSSR count). The van der Waals surface area contributed by atoms with Crippen molar-refractivity contribution in [3.63, 3.8) is 0 Å². The van der Waals surface area contributed by atoms with Crippen molar-refractivity contribution in [2.75, 3.05) is 5.32 Å². The zero-order valence-electron chi connectivity index (χ0n) is 10.8. The van der Waals surface area contributed by atoms with Gasteiger partial charge in [0.2, 0.25) is 0 Å². The number of carbonyl (C=O) groups is 1. The molecular formula is C13H16N4OS. The molecule has 1 amide bonds. The molecule has 1 aliphatic rings. The first-order valence-electron chi connectivity index (χ1n) is 6.52. The van der Waals surface area contributed by atoms with E-state index in [1.165, 1.54) is 24.2 Å². The molecule has 0 spiro atoms. The van der Waals surface area contributed by atoms with E-state index in [1.807, 2.05) is 17.8 Å². The molecule has 0 radical (unpaired) electrons. The molecule has 0 aromatic carbocycles. The van der Waals surface area contributed by atoms with Crippen LogP contribution in [0.5, 0.6) is 0 Å². The van der Waals surface area contributed by atoms with Crippen molar-refractivity contribution in [3.8, 4) is 0 Å². The molecule has 1 fully saturated rings. The fourth-order valence-electron chi connectivity index (χ4n) is 1.94. The minimum absolute atomic E-state index is 0.110. The van der Waals surface area contributed by atoms with Crippen molar-refractivity contribution in [1.29, 1.82) is 0 Å². The molecule has 19 heavy (non-hydrogen) atoms. The van der Waals surface area contributed by atoms with Gasteiger partial charge in [-0.1, -0.05) is 6.92 Å². The number of aromatic nitrogens is 3. The van der Waals surface area contributed by atoms with Crippen LogP contribution in [0.25, 0.3) is 0 Å². The molecule has 2 aromatic rings. The third-order valence-corrected chi connectivity index (χ3v) is 4.02. The summed E-state index contributed by atoms with van der Waals surface area (Å²) in [6.07, 6.45) is 6.83. The maximum absolute atomic E-state index is 12.1. The Balaban J connectivity index is 1.67. The molecule has 1 aliphatic carbocycles. The Hall–Kier alpha value is -1.69. The first-order chi connectivity index (χ1) is 9.26. The van der Waals surface area contributed by atoms with Crippen LogP contribution in [-0.4, -0.2) is 20.7 Å². The molecule has 0 saturated heterocycles. The Morgan fingerprint density at radius 1 is 1.58 bits per heavy atom. The average Bonchev–Trinajstić information content (AvgIpc) is 2.91. The molecule has 0 atom stereocenters. The van der Waals surface area contributed by atoms with Crippen LogP contribution in [0.1, 0.15) is 35.8 Å². The second-order valence-corrected chi connectivity index (χ2v) is 5.69. The van der Waals surface area contributed by atoms with E-state index in [4.69, 9.17) is 0 Å². The highest BCUT2D eigenvalue weighted by molar-refractivity contribution is 7.14. The van der Waals surface area contributed by atoms with Gasteiger partial charge in [0, 0.05) is 12.7 Å². The Morgan fingerprint density at radius 2 is 2.42 bits per heavy atom. The summed E-state index contributed by atoms with van der Waals surface area (Å²) in [6.45, 7) is 2.95. The summed E-state index contributed by atoms with van der Waals surface area (Å²) in [7, 11) is 0. The fraction of sp³-hybridized carbons (Fsp3) is 0.462. The van der Waals surface area contributed by atoms with E-state index in [0.717, 1.165) is 29.6 Å². The number of rotatable bonds is 5. The lowest BCUT2D eigenvalue weighted by Crippen LogP contribution is -2.11. The van der Waals surface area contributed by atoms with Gasteiger partial charge in [-0.2, -0.15) is 5.10 Å². The van der Waals surface area contributed by atoms with E-state index in [1.54, 1.807) is 11.7 Å². The molecule has 1 saturated carbocycles. The second-order valence-electron chi connectivity index (χ2n) is 4.83. The smallest absolute Gasteiger partial charge is 0.259 e. The summed E-state index contributed by atoms with van der Waals surface area (Å²) in [4.78, 5) is 16.3. The van der Waals surface area contributed by atoms with E-state index < -0.39 is 0 Å². The monoisotopic (exact) mass is 276 g/mol. The van der Waals surface area contributed by atoms with Crippen LogP contribution in [0.4, 0.5) is 5.00 Å². The maximum Gasteiger partial charge on any atom is 0.259 e. The third kappa shape index (κ3) is 2.84. The predicted octanol–water partition coefficient (Wildman–Crippen LogP) is 2.56. The van der Waals surface area contributed by atoms with Gasteiger partial charge in [-0.05, 0) is 25.2 Å². The van der Waals surface area contributed by atoms with Gasteiger partial charge >= 0.3 is 0 Å². The Morgan fingerprint density at radius 3 is 3.16 bits per heavy atom. The Bertz CT molecular complexity index is 585. The van der Waals surface area contributed by atoms with E-state index in [0.29, 0.717) is 5.56 Å². The topological polar surface area (TPSA) is 59.8 Å². The number of hydrogen-bond acceptors (Lipinski definition) is 4. The maximum atomic E-state index is 12.1. The summed E-state index contributed by atoms with van der Waals surface area (Å²) in [5, 5.41) is 7.97. The lowest BCUT2D eigenvalue weighted by molar-refractivity contribution is 0.102. The van der Waals surface area contributed by atoms with E-state index >= 15 is 0 Å². The van der Waals surface area contributed by atoms with Gasteiger partial charge in [-0.25, -0.2) is 4.98 Å². The first-order valence-corrected chi connectivity index (χ1v) is 7.40. The number of carbonyl (C=O) groups excluding carboxylic acids is 1. The summed E-state index contributed by atoms with van der Waals surface area (Å²) >= 11 is 1.45. The van der Waals surface area contributed by atoms with Crippen LogP contribution in [-0.2, 0) is 13.0 Å². The molecule has 6 heteroatoms. The third-order valence-electron chi connectivity index (χ3n) is 3.24. The second kappa shape index (κ2) is 5.13. The van der Waals surface area contributed by atoms with Gasteiger partial charge in [0.25, 0.3) is 5.91 Å². The summed E-state index contributed by atoms with van der Waals surface area (Å²) < 4.78 is 1.86. The van der Waals surface area contributed by atoms with Gasteiger partial charge in [-0.3, -0.25) is 9.48 Å². The largest absolute Gasteiger partial charge is 0.312 e. The highest BCUT2D eigenvalue weighted by atomic mass is 32.1. The predicted molar refractivity (Wildman–Crippen MR) is 74.4 cm³/mol. The molecule has 2 heterocycles. The summed E-state index contributed by atoms with van der Waals surface area (Å²) in [6, 6.07) is 0. The minimum atomic E-state index is -0.110. The van der Waals surface area contributed by atoms with Crippen LogP contribution in [0.3, 0.4) is 0 Å². The molecule has 0 bridgehead atoms. The lowest BCUT2D eigenvalue weighted by atomic mass is 10.3. The van der Waals surface area contributed by atoms with E-state index in [2.05, 4.69) is 15.4 Å². The van der Waals surface area contributed by atoms with Crippen LogP contribution in [0, 0.1) is 5.92 Å². The van der Waals surface area contributed by atoms with Crippen LogP contribution < -0.4 is 5.32 Å². The fourth-order valence-corrected chi connectivity index (χ4v) is 2.71. The highest BCUT2D eigenvalue weighted by Gasteiger charge is 2.22. The first kappa shape index (κ1) is 12.3. The molecule has 100 valence electrons. The van der Waals surface area contributed by atoms with Crippen molar-refractivity contribution >= 4 is 22.2 Å². The number of nitrogens with one attached hydrogen (secondary N) is 1. The number of anilines is 1. The highest BCUT2D eigenvalue weighted by Crippen LogP contribution is 2.30. The molecule has 1 N–H and O–H groups in total. The quantitative estimate of drug-likeness (QED) is 0.913. The van der Waals surface area contributed by atoms with Gasteiger partial charge in [0.05, 0.1) is 23.0 Å². The van der Waals surface area contributed by atoms with E-state index in [9.17, 15) is 4.79 Å². The van der Waals surface area contributed by atoms with Crippen molar-refractivity contribution in [2.24, 2.45) is 5.92 Å². The van der Waals surface area contributed by atoms with Crippen molar-refractivity contribution in [3.05, 3.63) is 29.2 Å². The van der Waals surface area contributed by atoms with Crippen LogP contribution >= 0.6 is 11.3 Å². The zero-order chi connectivity index (χ0) is 13.2. The van der Waals surface area contributed by atoms with Crippen molar-refractivity contribution in [1.82, 2.24) is 14.8 Å². The van der Waals surface area contributed by atoms with Crippen LogP contribution in [0.2, 0.25) is 0 Å². The molecule has 2 aromatic heterocycles. The number of amides is 1. The van der Waals surface area contributed by atoms with Gasteiger partial charge in [-0.15, -0.1) is 11.3 Å². The SMILES string of the molecule is CCc1ncsc1NC(=O)c1cnn(CC2CC2)c1. The van der Waals surface area contributed by atoms with Gasteiger partial charge < -0.3 is 5.32 Å². The number of hydrogen-bond donors (Lipinski definition) is 1. The summed E-state index contributed by atoms with van der Waals surface area (Å²) in [5.41, 5.74) is 3.30. The van der Waals surface area contributed by atoms with Crippen molar-refractivity contribution in [2.45, 2.75) is 32.7 Å². The Labute approximate surface area is 115 Å². The van der Waals surface area contributed by atoms with Crippen LogP contribution in [0.15, 0.2) is 17.9 Å². The van der Waals surface area contributed by atoms with Gasteiger partial charge in [0.1, 0.15) is 5.00 Å². The molecular weight excluding hydrogens is 260 g/mol. The standard InChI is InChI=1S/C13H16N4OS/c1-2-11-13(19-8-14-11)16-12(18)10-5-15-17(7-10)6-9-3-4-9/h5,7-9H,2-4,6H2,1H3,(H,16,18). The van der Waals surface area contributed by atoms with E-state index in [-0.39, 0.29) is 5.91 Å². The lowest BCUT2D eigenvalue weighted by Gasteiger charge is -2.01. The number of thiazole rings is 1. The number of nitrogens with zero attached hydrogens (tertiary/aromatic N) is 3. The average molecular weight is 276 g/mol. The molecule has 0 unspecified atom stereocenters. The van der Waals surface area contributed by atoms with Gasteiger partial charge in [0.15, 0.2) is 0 Å². The molecule has 0 aliphatic heterocycles. The Kier molecular flexibility index (Phi) is 3.33. The zero-order valence-corrected chi connectivity index (χ0v) is 11.6. The van der Waals surface area contributed by atoms with Crippen molar-refractivity contribution < 1.29 is 4.79 Å². The molecule has 5 nitrogen and oxygen atoms in total. The number of aryl methyl sites for hydroxylation is 1.